The van der Waals surface area contributed by atoms with Gasteiger partial charge in [-0.25, -0.2) is 0 Å². The highest BCUT2D eigenvalue weighted by Crippen LogP contribution is 2.37. The van der Waals surface area contributed by atoms with Crippen LogP contribution in [0, 0.1) is 0 Å². The molecule has 1 aliphatic rings. The molecule has 0 radical (unpaired) electrons. The molecular formula is C27H36N4O3. The molecule has 0 atom stereocenters. The molecular weight excluding hydrogens is 428 g/mol. The number of hydrogen-bond acceptors (Lipinski definition) is 7. The maximum atomic E-state index is 5.67. The van der Waals surface area contributed by atoms with Gasteiger partial charge in [-0.15, -0.1) is 0 Å². The van der Waals surface area contributed by atoms with Gasteiger partial charge in [0.1, 0.15) is 5.69 Å². The van der Waals surface area contributed by atoms with Crippen molar-refractivity contribution < 1.29 is 14.0 Å². The average Bonchev–Trinajstić information content (AvgIpc) is 3.36. The van der Waals surface area contributed by atoms with E-state index in [-0.39, 0.29) is 0 Å². The molecule has 7 heteroatoms. The number of hydrogen-bond donors (Lipinski definition) is 0. The molecule has 0 unspecified atom stereocenters. The van der Waals surface area contributed by atoms with Crippen molar-refractivity contribution in [3.05, 3.63) is 60.4 Å². The Morgan fingerprint density at radius 1 is 0.971 bits per heavy atom. The summed E-state index contributed by atoms with van der Waals surface area (Å²) in [6.07, 6.45) is 1.14. The van der Waals surface area contributed by atoms with E-state index in [0.29, 0.717) is 11.5 Å². The third kappa shape index (κ3) is 5.90. The highest BCUT2D eigenvalue weighted by atomic mass is 16.5. The Morgan fingerprint density at radius 2 is 1.76 bits per heavy atom. The van der Waals surface area contributed by atoms with Gasteiger partial charge < -0.3 is 18.9 Å². The summed E-state index contributed by atoms with van der Waals surface area (Å²) >= 11 is 0. The predicted octanol–water partition coefficient (Wildman–Crippen LogP) is 4.39. The van der Waals surface area contributed by atoms with Gasteiger partial charge in [-0.1, -0.05) is 36.3 Å². The van der Waals surface area contributed by atoms with Gasteiger partial charge in [-0.05, 0) is 50.3 Å². The molecule has 1 saturated heterocycles. The number of nitrogens with zero attached hydrogens (tertiary/aromatic N) is 4. The molecule has 2 heterocycles. The summed E-state index contributed by atoms with van der Waals surface area (Å²) in [7, 11) is 3.28. The van der Waals surface area contributed by atoms with Crippen molar-refractivity contribution in [3.8, 4) is 22.8 Å². The van der Waals surface area contributed by atoms with Crippen LogP contribution in [-0.4, -0.2) is 75.0 Å². The maximum absolute atomic E-state index is 5.67. The Balaban J connectivity index is 1.25. The zero-order chi connectivity index (χ0) is 23.8. The van der Waals surface area contributed by atoms with E-state index in [2.05, 4.69) is 57.1 Å². The van der Waals surface area contributed by atoms with Gasteiger partial charge in [0.2, 0.25) is 0 Å². The molecule has 0 bridgehead atoms. The summed E-state index contributed by atoms with van der Waals surface area (Å²) in [5.41, 5.74) is 2.96. The van der Waals surface area contributed by atoms with E-state index in [0.717, 1.165) is 75.8 Å². The van der Waals surface area contributed by atoms with Crippen molar-refractivity contribution in [1.82, 2.24) is 15.0 Å². The van der Waals surface area contributed by atoms with Crippen molar-refractivity contribution in [2.24, 2.45) is 0 Å². The first kappa shape index (κ1) is 24.1. The Kier molecular flexibility index (Phi) is 8.44. The van der Waals surface area contributed by atoms with Crippen LogP contribution in [0.2, 0.25) is 0 Å². The molecule has 0 aliphatic carbocycles. The monoisotopic (exact) mass is 464 g/mol. The molecule has 0 spiro atoms. The van der Waals surface area contributed by atoms with Crippen LogP contribution in [0.15, 0.2) is 59.1 Å². The topological polar surface area (TPSA) is 54.2 Å². The molecule has 0 saturated carbocycles. The zero-order valence-electron chi connectivity index (χ0n) is 20.6. The van der Waals surface area contributed by atoms with Gasteiger partial charge >= 0.3 is 0 Å². The largest absolute Gasteiger partial charge is 0.493 e. The Hall–Kier alpha value is -3.03. The number of piperazine rings is 1. The van der Waals surface area contributed by atoms with Crippen molar-refractivity contribution in [3.63, 3.8) is 0 Å². The zero-order valence-corrected chi connectivity index (χ0v) is 20.6. The fourth-order valence-electron chi connectivity index (χ4n) is 4.56. The van der Waals surface area contributed by atoms with E-state index >= 15 is 0 Å². The van der Waals surface area contributed by atoms with Crippen LogP contribution in [0.4, 0.5) is 5.69 Å². The molecule has 3 aromatic rings. The maximum Gasteiger partial charge on any atom is 0.170 e. The SMILES string of the molecule is CCN(CCCN1CCN(c2ccccc2)CC1)Cc1cc(-c2cccc(OC)c2OC)no1. The van der Waals surface area contributed by atoms with Crippen LogP contribution in [0.3, 0.4) is 0 Å². The summed E-state index contributed by atoms with van der Waals surface area (Å²) in [6.45, 7) is 10.5. The minimum absolute atomic E-state index is 0.671. The Morgan fingerprint density at radius 3 is 2.47 bits per heavy atom. The van der Waals surface area contributed by atoms with Crippen molar-refractivity contribution in [1.29, 1.82) is 0 Å². The normalized spacial score (nSPS) is 14.5. The lowest BCUT2D eigenvalue weighted by atomic mass is 10.1. The van der Waals surface area contributed by atoms with Gasteiger partial charge in [0.25, 0.3) is 0 Å². The van der Waals surface area contributed by atoms with E-state index in [9.17, 15) is 0 Å². The highest BCUT2D eigenvalue weighted by Gasteiger charge is 2.18. The Bertz CT molecular complexity index is 1020. The minimum Gasteiger partial charge on any atom is -0.493 e. The molecule has 0 N–H and O–H groups in total. The third-order valence-corrected chi connectivity index (χ3v) is 6.51. The molecule has 34 heavy (non-hydrogen) atoms. The number of aromatic nitrogens is 1. The van der Waals surface area contributed by atoms with Crippen LogP contribution in [0.1, 0.15) is 19.1 Å². The molecule has 2 aromatic carbocycles. The summed E-state index contributed by atoms with van der Waals surface area (Å²) in [4.78, 5) is 7.47. The second-order valence-electron chi connectivity index (χ2n) is 8.61. The predicted molar refractivity (Wildman–Crippen MR) is 136 cm³/mol. The van der Waals surface area contributed by atoms with Crippen LogP contribution >= 0.6 is 0 Å². The van der Waals surface area contributed by atoms with E-state index in [1.807, 2.05) is 24.3 Å². The van der Waals surface area contributed by atoms with Crippen molar-refractivity contribution >= 4 is 5.69 Å². The van der Waals surface area contributed by atoms with Crippen LogP contribution in [0.25, 0.3) is 11.3 Å². The van der Waals surface area contributed by atoms with Crippen LogP contribution in [0.5, 0.6) is 11.5 Å². The van der Waals surface area contributed by atoms with Gasteiger partial charge in [-0.3, -0.25) is 9.80 Å². The average molecular weight is 465 g/mol. The smallest absolute Gasteiger partial charge is 0.170 e. The Labute approximate surface area is 202 Å². The van der Waals surface area contributed by atoms with Gasteiger partial charge in [-0.2, -0.15) is 0 Å². The number of benzene rings is 2. The number of methoxy groups -OCH3 is 2. The van der Waals surface area contributed by atoms with Crippen molar-refractivity contribution in [2.45, 2.75) is 19.9 Å². The van der Waals surface area contributed by atoms with Gasteiger partial charge in [0.15, 0.2) is 17.3 Å². The highest BCUT2D eigenvalue weighted by molar-refractivity contribution is 5.71. The molecule has 7 nitrogen and oxygen atoms in total. The standard InChI is InChI=1S/C27H36N4O3/c1-4-29(14-9-15-30-16-18-31(19-17-30)22-10-6-5-7-11-22)21-23-20-25(28-34-23)24-12-8-13-26(32-2)27(24)33-3/h5-8,10-13,20H,4,9,14-19,21H2,1-3H3. The molecule has 1 aromatic heterocycles. The lowest BCUT2D eigenvalue weighted by Crippen LogP contribution is -2.47. The van der Waals surface area contributed by atoms with E-state index in [1.54, 1.807) is 14.2 Å². The molecule has 1 fully saturated rings. The first-order chi connectivity index (χ1) is 16.7. The summed E-state index contributed by atoms with van der Waals surface area (Å²) < 4.78 is 16.6. The fraction of sp³-hybridized carbons (Fsp3) is 0.444. The number of anilines is 1. The molecule has 182 valence electrons. The van der Waals surface area contributed by atoms with Gasteiger partial charge in [0, 0.05) is 43.5 Å². The molecule has 1 aliphatic heterocycles. The lowest BCUT2D eigenvalue weighted by molar-refractivity contribution is 0.206. The second-order valence-corrected chi connectivity index (χ2v) is 8.61. The van der Waals surface area contributed by atoms with Gasteiger partial charge in [0.05, 0.1) is 20.8 Å². The van der Waals surface area contributed by atoms with E-state index in [1.165, 1.54) is 5.69 Å². The lowest BCUT2D eigenvalue weighted by Gasteiger charge is -2.36. The number of ether oxygens (including phenoxy) is 2. The van der Waals surface area contributed by atoms with Crippen molar-refractivity contribution in [2.75, 3.05) is 64.9 Å². The van der Waals surface area contributed by atoms with E-state index in [4.69, 9.17) is 14.0 Å². The summed E-state index contributed by atoms with van der Waals surface area (Å²) in [5.74, 6) is 2.21. The first-order valence-corrected chi connectivity index (χ1v) is 12.1. The second kappa shape index (κ2) is 11.9. The molecule has 0 amide bonds. The van der Waals surface area contributed by atoms with Crippen LogP contribution in [-0.2, 0) is 6.54 Å². The third-order valence-electron chi connectivity index (χ3n) is 6.51. The minimum atomic E-state index is 0.671. The fourth-order valence-corrected chi connectivity index (χ4v) is 4.56. The van der Waals surface area contributed by atoms with Crippen LogP contribution < -0.4 is 14.4 Å². The summed E-state index contributed by atoms with van der Waals surface area (Å²) in [5, 5.41) is 4.29. The quantitative estimate of drug-likeness (QED) is 0.417. The molecule has 4 rings (SSSR count). The van der Waals surface area contributed by atoms with E-state index < -0.39 is 0 Å². The number of para-hydroxylation sites is 2. The first-order valence-electron chi connectivity index (χ1n) is 12.1. The number of rotatable bonds is 11. The summed E-state index contributed by atoms with van der Waals surface area (Å²) in [6, 6.07) is 18.5.